The van der Waals surface area contributed by atoms with Gasteiger partial charge in [0.2, 0.25) is 0 Å². The number of hydrogen-bond acceptors (Lipinski definition) is 5. The van der Waals surface area contributed by atoms with E-state index in [1.807, 2.05) is 0 Å². The molecule has 0 aliphatic heterocycles. The van der Waals surface area contributed by atoms with E-state index in [2.05, 4.69) is 10.7 Å². The first-order valence-corrected chi connectivity index (χ1v) is 5.97. The molecule has 0 aromatic heterocycles. The van der Waals surface area contributed by atoms with Crippen molar-refractivity contribution in [1.29, 1.82) is 0 Å². The van der Waals surface area contributed by atoms with E-state index in [0.29, 0.717) is 12.1 Å². The zero-order valence-electron chi connectivity index (χ0n) is 9.15. The van der Waals surface area contributed by atoms with Crippen LogP contribution >= 0.6 is 0 Å². The summed E-state index contributed by atoms with van der Waals surface area (Å²) in [5.74, 6) is 0.174. The maximum absolute atomic E-state index is 10.9. The van der Waals surface area contributed by atoms with Crippen LogP contribution in [0.5, 0.6) is 5.75 Å². The fraction of sp³-hybridized carbons (Fsp3) is 0.300. The molecule has 0 saturated heterocycles. The van der Waals surface area contributed by atoms with Gasteiger partial charge in [-0.2, -0.15) is 0 Å². The van der Waals surface area contributed by atoms with Crippen LogP contribution in [0.4, 0.5) is 0 Å². The van der Waals surface area contributed by atoms with Gasteiger partial charge in [-0.05, 0) is 12.1 Å². The minimum absolute atomic E-state index is 0.174. The van der Waals surface area contributed by atoms with Crippen LogP contribution in [-0.2, 0) is 23.5 Å². The number of aromatic hydroxyl groups is 1. The van der Waals surface area contributed by atoms with Gasteiger partial charge in [-0.1, -0.05) is 18.2 Å². The van der Waals surface area contributed by atoms with E-state index in [9.17, 15) is 10.2 Å². The second-order valence-corrected chi connectivity index (χ2v) is 3.27. The Kier molecular flexibility index (Phi) is 9.27. The molecule has 0 amide bonds. The summed E-state index contributed by atoms with van der Waals surface area (Å²) in [7, 11) is 0. The Bertz CT molecular complexity index is 392. The van der Waals surface area contributed by atoms with Gasteiger partial charge in [-0.3, -0.25) is 4.99 Å². The van der Waals surface area contributed by atoms with Crippen molar-refractivity contribution in [3.8, 4) is 5.75 Å². The van der Waals surface area contributed by atoms with Gasteiger partial charge in [0, 0.05) is 18.3 Å². The van der Waals surface area contributed by atoms with Gasteiger partial charge in [0.05, 0.1) is 6.54 Å². The molecule has 4 N–H and O–H groups in total. The van der Waals surface area contributed by atoms with Gasteiger partial charge in [0.1, 0.15) is 5.75 Å². The second-order valence-electron chi connectivity index (χ2n) is 3.04. The van der Waals surface area contributed by atoms with Crippen LogP contribution in [0.3, 0.4) is 0 Å². The number of rotatable bonds is 4. The Morgan fingerprint density at radius 3 is 2.59 bits per heavy atom. The van der Waals surface area contributed by atoms with E-state index >= 15 is 0 Å². The standard InChI is InChI=1S/C10H13N2O2.2O.V/c11-5-9(13)7-12-6-8-3-1-2-4-10(8)14;;;/h1-4,6,9,14H,5,7,11H2;;;/q-1;;;/p+1. The number of hydrogen-bond donors (Lipinski definition) is 2. The van der Waals surface area contributed by atoms with Gasteiger partial charge in [0.15, 0.2) is 0 Å². The quantitative estimate of drug-likeness (QED) is 0.654. The first kappa shape index (κ1) is 15.8. The van der Waals surface area contributed by atoms with Crippen molar-refractivity contribution in [2.24, 2.45) is 4.99 Å². The van der Waals surface area contributed by atoms with Gasteiger partial charge < -0.3 is 15.9 Å². The molecule has 6 nitrogen and oxygen atoms in total. The molecule has 17 heavy (non-hydrogen) atoms. The molecule has 1 aromatic rings. The fourth-order valence-electron chi connectivity index (χ4n) is 0.957. The SMILES string of the molecule is [NH3+]CC([O-])CN=Cc1ccccc1O.[O]=[V]=[O]. The first-order chi connectivity index (χ1) is 8.15. The molecule has 7 heteroatoms. The van der Waals surface area contributed by atoms with Crippen LogP contribution < -0.4 is 10.8 Å². The number of phenolic OH excluding ortho intramolecular Hbond substituents is 1. The molecule has 0 aliphatic rings. The Balaban J connectivity index is 0.000000770. The second kappa shape index (κ2) is 9.98. The van der Waals surface area contributed by atoms with Crippen molar-refractivity contribution in [3.63, 3.8) is 0 Å². The average molecular weight is 277 g/mol. The van der Waals surface area contributed by atoms with Crippen LogP contribution in [0.15, 0.2) is 29.3 Å². The molecule has 1 rings (SSSR count). The van der Waals surface area contributed by atoms with E-state index < -0.39 is 22.3 Å². The van der Waals surface area contributed by atoms with Gasteiger partial charge in [-0.25, -0.2) is 0 Å². The third kappa shape index (κ3) is 7.65. The molecule has 1 atom stereocenters. The van der Waals surface area contributed by atoms with Crippen molar-refractivity contribution >= 4 is 6.21 Å². The molecule has 1 unspecified atom stereocenters. The number of nitrogens with zero attached hydrogens (tertiary/aromatic N) is 1. The molecule has 0 radical (unpaired) electrons. The Hall–Kier alpha value is -1.21. The molecular formula is C10H14N2O4V. The molecule has 0 bridgehead atoms. The summed E-state index contributed by atoms with van der Waals surface area (Å²) in [6.45, 7) is 0.538. The minimum atomic E-state index is -1.81. The normalized spacial score (nSPS) is 11.4. The summed E-state index contributed by atoms with van der Waals surface area (Å²) >= 11 is -1.81. The molecule has 0 fully saturated rings. The zero-order chi connectivity index (χ0) is 13.1. The average Bonchev–Trinajstić information content (AvgIpc) is 2.32. The maximum atomic E-state index is 10.9. The zero-order valence-corrected chi connectivity index (χ0v) is 10.5. The van der Waals surface area contributed by atoms with E-state index in [0.717, 1.165) is 0 Å². The van der Waals surface area contributed by atoms with Crippen LogP contribution in [0, 0.1) is 0 Å². The Labute approximate surface area is 106 Å². The summed E-state index contributed by atoms with van der Waals surface area (Å²) in [6.07, 6.45) is 0.757. The fourth-order valence-corrected chi connectivity index (χ4v) is 0.957. The van der Waals surface area contributed by atoms with Crippen molar-refractivity contribution in [1.82, 2.24) is 0 Å². The monoisotopic (exact) mass is 277 g/mol. The third-order valence-electron chi connectivity index (χ3n) is 1.80. The Morgan fingerprint density at radius 1 is 1.47 bits per heavy atom. The van der Waals surface area contributed by atoms with E-state index in [1.165, 1.54) is 6.21 Å². The van der Waals surface area contributed by atoms with Crippen molar-refractivity contribution in [2.75, 3.05) is 13.1 Å². The van der Waals surface area contributed by atoms with Crippen LogP contribution in [-0.4, -0.2) is 30.5 Å². The number of para-hydroxylation sites is 1. The van der Waals surface area contributed by atoms with Crippen LogP contribution in [0.25, 0.3) is 0 Å². The predicted molar refractivity (Wildman–Crippen MR) is 53.5 cm³/mol. The van der Waals surface area contributed by atoms with Gasteiger partial charge in [-0.15, -0.1) is 0 Å². The van der Waals surface area contributed by atoms with Crippen molar-refractivity contribution in [3.05, 3.63) is 29.8 Å². The topological polar surface area (TPSA) is 117 Å². The number of benzene rings is 1. The molecular weight excluding hydrogens is 263 g/mol. The number of phenols is 1. The summed E-state index contributed by atoms with van der Waals surface area (Å²) in [4.78, 5) is 3.94. The molecule has 0 saturated carbocycles. The molecule has 0 spiro atoms. The molecule has 0 heterocycles. The third-order valence-corrected chi connectivity index (χ3v) is 1.80. The Morgan fingerprint density at radius 2 is 2.06 bits per heavy atom. The van der Waals surface area contributed by atoms with Gasteiger partial charge in [0.25, 0.3) is 0 Å². The predicted octanol–water partition coefficient (Wildman–Crippen LogP) is -1.46. The summed E-state index contributed by atoms with van der Waals surface area (Å²) in [5.41, 5.74) is 4.12. The van der Waals surface area contributed by atoms with Crippen molar-refractivity contribution < 1.29 is 39.5 Å². The van der Waals surface area contributed by atoms with Gasteiger partial charge >= 0.3 is 23.5 Å². The number of aliphatic imine (C=N–C) groups is 1. The van der Waals surface area contributed by atoms with Crippen LogP contribution in [0.2, 0.25) is 0 Å². The van der Waals surface area contributed by atoms with E-state index in [1.54, 1.807) is 24.3 Å². The first-order valence-electron chi connectivity index (χ1n) is 4.83. The molecule has 0 aliphatic carbocycles. The molecule has 1 aromatic carbocycles. The molecule has 93 valence electrons. The van der Waals surface area contributed by atoms with Crippen molar-refractivity contribution in [2.45, 2.75) is 6.10 Å². The van der Waals surface area contributed by atoms with Crippen LogP contribution in [0.1, 0.15) is 5.56 Å². The number of quaternary nitrogens is 1. The summed E-state index contributed by atoms with van der Waals surface area (Å²) in [5, 5.41) is 20.3. The van der Waals surface area contributed by atoms with E-state index in [-0.39, 0.29) is 12.3 Å². The summed E-state index contributed by atoms with van der Waals surface area (Å²) < 4.78 is 16.9. The summed E-state index contributed by atoms with van der Waals surface area (Å²) in [6, 6.07) is 6.86. The van der Waals surface area contributed by atoms with E-state index in [4.69, 9.17) is 7.35 Å².